The molecule has 0 fully saturated rings. The smallest absolute Gasteiger partial charge is 0.268 e. The molecule has 0 aromatic heterocycles. The molecule has 2 rings (SSSR count). The molecule has 4 nitrogen and oxygen atoms in total. The Kier molecular flexibility index (Phi) is 2.36. The molecule has 1 aliphatic heterocycles. The van der Waals surface area contributed by atoms with Crippen molar-refractivity contribution in [1.82, 2.24) is 0 Å². The molecule has 1 unspecified atom stereocenters. The lowest BCUT2D eigenvalue weighted by Gasteiger charge is -2.20. The molecule has 1 amide bonds. The molecule has 17 heavy (non-hydrogen) atoms. The largest absolute Gasteiger partial charge is 0.372 e. The molecule has 0 saturated heterocycles. The number of aliphatic hydroxyl groups is 1. The van der Waals surface area contributed by atoms with Gasteiger partial charge in [-0.2, -0.15) is 0 Å². The molecule has 1 heterocycles. The van der Waals surface area contributed by atoms with Crippen molar-refractivity contribution in [2.75, 3.05) is 11.9 Å². The fourth-order valence-corrected chi connectivity index (χ4v) is 1.95. The summed E-state index contributed by atoms with van der Waals surface area (Å²) in [5.41, 5.74) is -2.06. The number of anilines is 1. The van der Waals surface area contributed by atoms with Gasteiger partial charge in [-0.15, -0.1) is 0 Å². The van der Waals surface area contributed by atoms with Crippen molar-refractivity contribution >= 4 is 17.9 Å². The van der Waals surface area contributed by atoms with E-state index in [1.807, 2.05) is 0 Å². The van der Waals surface area contributed by atoms with E-state index in [0.29, 0.717) is 12.0 Å². The highest BCUT2D eigenvalue weighted by Crippen LogP contribution is 2.42. The summed E-state index contributed by atoms with van der Waals surface area (Å²) in [7, 11) is 1.44. The van der Waals surface area contributed by atoms with Crippen LogP contribution < -0.4 is 4.90 Å². The highest BCUT2D eigenvalue weighted by molar-refractivity contribution is 6.11. The Morgan fingerprint density at radius 2 is 2.24 bits per heavy atom. The van der Waals surface area contributed by atoms with Crippen LogP contribution in [0.2, 0.25) is 0 Å². The van der Waals surface area contributed by atoms with Crippen molar-refractivity contribution in [3.8, 4) is 0 Å². The lowest BCUT2D eigenvalue weighted by molar-refractivity contribution is -0.133. The number of fused-ring (bicyclic) bond motifs is 1. The highest BCUT2D eigenvalue weighted by Gasteiger charge is 2.50. The first-order chi connectivity index (χ1) is 7.92. The predicted octanol–water partition coefficient (Wildman–Crippen LogP) is 0.745. The summed E-state index contributed by atoms with van der Waals surface area (Å²) in [4.78, 5) is 23.8. The van der Waals surface area contributed by atoms with Gasteiger partial charge in [-0.3, -0.25) is 9.59 Å². The first kappa shape index (κ1) is 11.5. The fourth-order valence-electron chi connectivity index (χ4n) is 1.95. The zero-order valence-electron chi connectivity index (χ0n) is 9.11. The Labute approximate surface area is 97.0 Å². The molecule has 0 spiro atoms. The van der Waals surface area contributed by atoms with E-state index in [9.17, 15) is 19.1 Å². The second-order valence-electron chi connectivity index (χ2n) is 3.88. The lowest BCUT2D eigenvalue weighted by Crippen LogP contribution is -2.40. The Hall–Kier alpha value is -2.01. The zero-order chi connectivity index (χ0) is 12.8. The van der Waals surface area contributed by atoms with Gasteiger partial charge in [0, 0.05) is 18.2 Å². The van der Waals surface area contributed by atoms with E-state index in [-0.39, 0.29) is 11.1 Å². The molecule has 1 atom stereocenters. The van der Waals surface area contributed by atoms with Gasteiger partial charge < -0.3 is 10.0 Å². The van der Waals surface area contributed by atoms with Crippen molar-refractivity contribution in [2.24, 2.45) is 0 Å². The van der Waals surface area contributed by atoms with Gasteiger partial charge in [-0.1, -0.05) is 6.58 Å². The monoisotopic (exact) mass is 235 g/mol. The van der Waals surface area contributed by atoms with E-state index in [0.717, 1.165) is 6.07 Å². The van der Waals surface area contributed by atoms with E-state index in [4.69, 9.17) is 0 Å². The van der Waals surface area contributed by atoms with Crippen LogP contribution in [-0.4, -0.2) is 24.3 Å². The van der Waals surface area contributed by atoms with E-state index < -0.39 is 17.3 Å². The molecule has 0 aliphatic carbocycles. The quantitative estimate of drug-likeness (QED) is 0.607. The average Bonchev–Trinajstić information content (AvgIpc) is 2.51. The maximum Gasteiger partial charge on any atom is 0.268 e. The SMILES string of the molecule is C=C(C=O)C1(O)C(=O)N(C)c2ccc(F)cc21. The Morgan fingerprint density at radius 3 is 2.82 bits per heavy atom. The summed E-state index contributed by atoms with van der Waals surface area (Å²) in [5.74, 6) is -1.31. The summed E-state index contributed by atoms with van der Waals surface area (Å²) in [6, 6.07) is 3.59. The van der Waals surface area contributed by atoms with E-state index in [1.165, 1.54) is 24.1 Å². The second kappa shape index (κ2) is 3.49. The van der Waals surface area contributed by atoms with Crippen LogP contribution in [0.1, 0.15) is 5.56 Å². The van der Waals surface area contributed by atoms with Crippen LogP contribution in [0.3, 0.4) is 0 Å². The minimum absolute atomic E-state index is 0.0436. The molecule has 0 saturated carbocycles. The second-order valence-corrected chi connectivity index (χ2v) is 3.88. The van der Waals surface area contributed by atoms with Crippen LogP contribution in [-0.2, 0) is 15.2 Å². The molecule has 1 aliphatic rings. The minimum atomic E-state index is -2.16. The first-order valence-electron chi connectivity index (χ1n) is 4.88. The number of halogens is 1. The molecule has 0 radical (unpaired) electrons. The number of amides is 1. The molecule has 5 heteroatoms. The summed E-state index contributed by atoms with van der Waals surface area (Å²) in [6.45, 7) is 3.35. The Morgan fingerprint density at radius 1 is 1.59 bits per heavy atom. The zero-order valence-corrected chi connectivity index (χ0v) is 9.11. The van der Waals surface area contributed by atoms with Gasteiger partial charge in [-0.25, -0.2) is 4.39 Å². The van der Waals surface area contributed by atoms with Gasteiger partial charge in [0.2, 0.25) is 0 Å². The third-order valence-corrected chi connectivity index (χ3v) is 2.93. The van der Waals surface area contributed by atoms with Crippen molar-refractivity contribution in [1.29, 1.82) is 0 Å². The molecule has 1 aromatic rings. The van der Waals surface area contributed by atoms with Gasteiger partial charge in [0.25, 0.3) is 5.91 Å². The average molecular weight is 235 g/mol. The van der Waals surface area contributed by atoms with Gasteiger partial charge >= 0.3 is 0 Å². The van der Waals surface area contributed by atoms with Gasteiger partial charge in [0.15, 0.2) is 5.60 Å². The van der Waals surface area contributed by atoms with Crippen LogP contribution >= 0.6 is 0 Å². The molecule has 88 valence electrons. The number of benzene rings is 1. The lowest BCUT2D eigenvalue weighted by atomic mass is 9.89. The van der Waals surface area contributed by atoms with Crippen LogP contribution in [0.4, 0.5) is 10.1 Å². The summed E-state index contributed by atoms with van der Waals surface area (Å²) >= 11 is 0. The molecule has 1 aromatic carbocycles. The maximum absolute atomic E-state index is 13.2. The maximum atomic E-state index is 13.2. The molecule has 1 N–H and O–H groups in total. The number of likely N-dealkylation sites (N-methyl/N-ethyl adjacent to an activating group) is 1. The number of hydrogen-bond acceptors (Lipinski definition) is 3. The van der Waals surface area contributed by atoms with Crippen molar-refractivity contribution in [2.45, 2.75) is 5.60 Å². The van der Waals surface area contributed by atoms with Crippen molar-refractivity contribution in [3.63, 3.8) is 0 Å². The third kappa shape index (κ3) is 1.32. The van der Waals surface area contributed by atoms with Gasteiger partial charge in [0.05, 0.1) is 5.69 Å². The minimum Gasteiger partial charge on any atom is -0.372 e. The normalized spacial score (nSPS) is 22.5. The van der Waals surface area contributed by atoms with E-state index in [1.54, 1.807) is 0 Å². The Balaban J connectivity index is 2.73. The van der Waals surface area contributed by atoms with Crippen LogP contribution in [0.25, 0.3) is 0 Å². The van der Waals surface area contributed by atoms with Crippen LogP contribution in [0.15, 0.2) is 30.4 Å². The van der Waals surface area contributed by atoms with E-state index >= 15 is 0 Å². The summed E-state index contributed by atoms with van der Waals surface area (Å²) in [5, 5.41) is 10.3. The number of hydrogen-bond donors (Lipinski definition) is 1. The van der Waals surface area contributed by atoms with Crippen LogP contribution in [0, 0.1) is 5.82 Å². The van der Waals surface area contributed by atoms with Crippen molar-refractivity contribution < 1.29 is 19.1 Å². The third-order valence-electron chi connectivity index (χ3n) is 2.93. The van der Waals surface area contributed by atoms with Crippen LogP contribution in [0.5, 0.6) is 0 Å². The number of carbonyl (C=O) groups is 2. The molecule has 0 bridgehead atoms. The number of aldehydes is 1. The number of carbonyl (C=O) groups excluding carboxylic acids is 2. The number of nitrogens with zero attached hydrogens (tertiary/aromatic N) is 1. The summed E-state index contributed by atoms with van der Waals surface area (Å²) < 4.78 is 13.2. The molecular weight excluding hydrogens is 225 g/mol. The van der Waals surface area contributed by atoms with Gasteiger partial charge in [-0.05, 0) is 18.2 Å². The number of rotatable bonds is 2. The first-order valence-corrected chi connectivity index (χ1v) is 4.88. The topological polar surface area (TPSA) is 57.6 Å². The van der Waals surface area contributed by atoms with E-state index in [2.05, 4.69) is 6.58 Å². The fraction of sp³-hybridized carbons (Fsp3) is 0.167. The van der Waals surface area contributed by atoms with Crippen molar-refractivity contribution in [3.05, 3.63) is 41.7 Å². The standard InChI is InChI=1S/C12H10FNO3/c1-7(6-15)12(17)9-5-8(13)3-4-10(9)14(2)11(12)16/h3-6,17H,1H2,2H3. The summed E-state index contributed by atoms with van der Waals surface area (Å²) in [6.07, 6.45) is 0.297. The van der Waals surface area contributed by atoms with Gasteiger partial charge in [0.1, 0.15) is 12.1 Å². The highest BCUT2D eigenvalue weighted by atomic mass is 19.1. The predicted molar refractivity (Wildman–Crippen MR) is 58.9 cm³/mol. The Bertz CT molecular complexity index is 541. The molecular formula is C12H10FNO3.